The highest BCUT2D eigenvalue weighted by molar-refractivity contribution is 7.92. The SMILES string of the molecule is Cc1nc(Nc2ccc(NS(=O)(=O)c3ccccc3F)cc2)cc(N2CCCC2)n1. The summed E-state index contributed by atoms with van der Waals surface area (Å²) in [6, 6.07) is 13.8. The van der Waals surface area contributed by atoms with E-state index in [4.69, 9.17) is 0 Å². The van der Waals surface area contributed by atoms with E-state index in [2.05, 4.69) is 24.9 Å². The first-order valence-corrected chi connectivity index (χ1v) is 11.1. The summed E-state index contributed by atoms with van der Waals surface area (Å²) in [6.45, 7) is 3.84. The fraction of sp³-hybridized carbons (Fsp3) is 0.238. The summed E-state index contributed by atoms with van der Waals surface area (Å²) in [5, 5.41) is 3.22. The lowest BCUT2D eigenvalue weighted by Gasteiger charge is -2.18. The summed E-state index contributed by atoms with van der Waals surface area (Å²) < 4.78 is 41.0. The number of sulfonamides is 1. The van der Waals surface area contributed by atoms with Crippen LogP contribution in [0.5, 0.6) is 0 Å². The fourth-order valence-electron chi connectivity index (χ4n) is 3.37. The topological polar surface area (TPSA) is 87.2 Å². The van der Waals surface area contributed by atoms with Gasteiger partial charge in [0, 0.05) is 30.5 Å². The van der Waals surface area contributed by atoms with Crippen molar-refractivity contribution in [3.05, 3.63) is 66.2 Å². The smallest absolute Gasteiger partial charge is 0.264 e. The molecule has 0 atom stereocenters. The molecule has 0 amide bonds. The number of nitrogens with one attached hydrogen (secondary N) is 2. The van der Waals surface area contributed by atoms with Gasteiger partial charge in [0.05, 0.1) is 0 Å². The Morgan fingerprint density at radius 3 is 2.33 bits per heavy atom. The van der Waals surface area contributed by atoms with Crippen LogP contribution in [0.25, 0.3) is 0 Å². The van der Waals surface area contributed by atoms with E-state index in [9.17, 15) is 12.8 Å². The van der Waals surface area contributed by atoms with Crippen LogP contribution < -0.4 is 14.9 Å². The first kappa shape index (κ1) is 20.1. The molecule has 0 radical (unpaired) electrons. The van der Waals surface area contributed by atoms with E-state index < -0.39 is 20.7 Å². The number of hydrogen-bond acceptors (Lipinski definition) is 6. The molecule has 7 nitrogen and oxygen atoms in total. The zero-order chi connectivity index (χ0) is 21.1. The maximum Gasteiger partial charge on any atom is 0.264 e. The molecular formula is C21H22FN5O2S. The third kappa shape index (κ3) is 4.51. The van der Waals surface area contributed by atoms with Crippen LogP contribution in [0.1, 0.15) is 18.7 Å². The van der Waals surface area contributed by atoms with Crippen molar-refractivity contribution in [2.75, 3.05) is 28.0 Å². The summed E-state index contributed by atoms with van der Waals surface area (Å²) in [5.41, 5.74) is 1.08. The van der Waals surface area contributed by atoms with Crippen molar-refractivity contribution in [1.82, 2.24) is 9.97 Å². The number of aromatic nitrogens is 2. The van der Waals surface area contributed by atoms with Crippen molar-refractivity contribution in [2.24, 2.45) is 0 Å². The summed E-state index contributed by atoms with van der Waals surface area (Å²) >= 11 is 0. The first-order valence-electron chi connectivity index (χ1n) is 9.66. The largest absolute Gasteiger partial charge is 0.356 e. The van der Waals surface area contributed by atoms with Crippen molar-refractivity contribution in [1.29, 1.82) is 0 Å². The lowest BCUT2D eigenvalue weighted by Crippen LogP contribution is -2.19. The Labute approximate surface area is 175 Å². The highest BCUT2D eigenvalue weighted by atomic mass is 32.2. The molecule has 1 aliphatic heterocycles. The minimum absolute atomic E-state index is 0.334. The Morgan fingerprint density at radius 1 is 0.967 bits per heavy atom. The summed E-state index contributed by atoms with van der Waals surface area (Å²) in [4.78, 5) is 10.8. The summed E-state index contributed by atoms with van der Waals surface area (Å²) in [5.74, 6) is 1.45. The van der Waals surface area contributed by atoms with Crippen molar-refractivity contribution in [3.63, 3.8) is 0 Å². The number of halogens is 1. The predicted molar refractivity (Wildman–Crippen MR) is 115 cm³/mol. The highest BCUT2D eigenvalue weighted by Crippen LogP contribution is 2.24. The molecule has 30 heavy (non-hydrogen) atoms. The monoisotopic (exact) mass is 427 g/mol. The number of nitrogens with zero attached hydrogens (tertiary/aromatic N) is 3. The molecule has 0 spiro atoms. The minimum atomic E-state index is -4.01. The third-order valence-corrected chi connectivity index (χ3v) is 6.20. The van der Waals surface area contributed by atoms with E-state index in [0.717, 1.165) is 43.5 Å². The molecule has 3 aromatic rings. The highest BCUT2D eigenvalue weighted by Gasteiger charge is 2.18. The molecule has 9 heteroatoms. The Balaban J connectivity index is 1.48. The van der Waals surface area contributed by atoms with Gasteiger partial charge in [0.2, 0.25) is 0 Å². The Morgan fingerprint density at radius 2 is 1.63 bits per heavy atom. The second-order valence-corrected chi connectivity index (χ2v) is 8.74. The summed E-state index contributed by atoms with van der Waals surface area (Å²) in [7, 11) is -4.01. The van der Waals surface area contributed by atoms with E-state index in [1.54, 1.807) is 24.3 Å². The van der Waals surface area contributed by atoms with Gasteiger partial charge >= 0.3 is 0 Å². The molecule has 1 aromatic heterocycles. The molecule has 0 bridgehead atoms. The van der Waals surface area contributed by atoms with Crippen molar-refractivity contribution in [3.8, 4) is 0 Å². The molecule has 0 saturated carbocycles. The van der Waals surface area contributed by atoms with Crippen LogP contribution in [0.3, 0.4) is 0 Å². The first-order chi connectivity index (χ1) is 14.4. The molecule has 0 aliphatic carbocycles. The second-order valence-electron chi connectivity index (χ2n) is 7.09. The fourth-order valence-corrected chi connectivity index (χ4v) is 4.51. The van der Waals surface area contributed by atoms with Gasteiger partial charge in [0.25, 0.3) is 10.0 Å². The zero-order valence-electron chi connectivity index (χ0n) is 16.5. The normalized spacial score (nSPS) is 14.0. The van der Waals surface area contributed by atoms with Crippen LogP contribution >= 0.6 is 0 Å². The molecule has 1 saturated heterocycles. The van der Waals surface area contributed by atoms with E-state index >= 15 is 0 Å². The van der Waals surface area contributed by atoms with E-state index in [1.165, 1.54) is 18.2 Å². The Hall–Kier alpha value is -3.20. The molecule has 1 aliphatic rings. The van der Waals surface area contributed by atoms with Gasteiger partial charge in [-0.2, -0.15) is 0 Å². The quantitative estimate of drug-likeness (QED) is 0.617. The third-order valence-electron chi connectivity index (χ3n) is 4.79. The van der Waals surface area contributed by atoms with Crippen molar-refractivity contribution in [2.45, 2.75) is 24.7 Å². The Bertz CT molecular complexity index is 1150. The van der Waals surface area contributed by atoms with Gasteiger partial charge in [0.15, 0.2) is 0 Å². The number of anilines is 4. The average molecular weight is 428 g/mol. The van der Waals surface area contributed by atoms with Crippen molar-refractivity contribution < 1.29 is 12.8 Å². The van der Waals surface area contributed by atoms with E-state index in [1.807, 2.05) is 13.0 Å². The van der Waals surface area contributed by atoms with Gasteiger partial charge < -0.3 is 10.2 Å². The van der Waals surface area contributed by atoms with Gasteiger partial charge in [0.1, 0.15) is 28.2 Å². The van der Waals surface area contributed by atoms with E-state index in [0.29, 0.717) is 17.3 Å². The zero-order valence-corrected chi connectivity index (χ0v) is 17.3. The maximum absolute atomic E-state index is 13.8. The van der Waals surface area contributed by atoms with Crippen LogP contribution in [0.2, 0.25) is 0 Å². The molecule has 0 unspecified atom stereocenters. The number of hydrogen-bond donors (Lipinski definition) is 2. The second kappa shape index (κ2) is 8.27. The van der Waals surface area contributed by atoms with Crippen LogP contribution in [0.15, 0.2) is 59.5 Å². The molecule has 2 heterocycles. The lowest BCUT2D eigenvalue weighted by atomic mass is 10.3. The molecular weight excluding hydrogens is 405 g/mol. The van der Waals surface area contributed by atoms with Gasteiger partial charge in [-0.15, -0.1) is 0 Å². The van der Waals surface area contributed by atoms with Crippen LogP contribution in [-0.4, -0.2) is 31.5 Å². The van der Waals surface area contributed by atoms with Gasteiger partial charge in [-0.25, -0.2) is 22.8 Å². The van der Waals surface area contributed by atoms with Crippen LogP contribution in [0, 0.1) is 12.7 Å². The number of aryl methyl sites for hydroxylation is 1. The van der Waals surface area contributed by atoms with Gasteiger partial charge in [-0.3, -0.25) is 4.72 Å². The van der Waals surface area contributed by atoms with Crippen molar-refractivity contribution >= 4 is 33.0 Å². The summed E-state index contributed by atoms with van der Waals surface area (Å²) in [6.07, 6.45) is 2.33. The predicted octanol–water partition coefficient (Wildman–Crippen LogP) is 4.07. The molecule has 156 valence electrons. The molecule has 2 N–H and O–H groups in total. The maximum atomic E-state index is 13.8. The van der Waals surface area contributed by atoms with Gasteiger partial charge in [-0.1, -0.05) is 12.1 Å². The van der Waals surface area contributed by atoms with Gasteiger partial charge in [-0.05, 0) is 56.2 Å². The molecule has 1 fully saturated rings. The van der Waals surface area contributed by atoms with E-state index in [-0.39, 0.29) is 0 Å². The lowest BCUT2D eigenvalue weighted by molar-refractivity contribution is 0.570. The van der Waals surface area contributed by atoms with Crippen LogP contribution in [-0.2, 0) is 10.0 Å². The average Bonchev–Trinajstić information content (AvgIpc) is 3.24. The standard InChI is InChI=1S/C21H22FN5O2S/c1-15-23-20(14-21(24-15)27-12-4-5-13-27)25-16-8-10-17(11-9-16)26-30(28,29)19-7-3-2-6-18(19)22/h2-3,6-11,14,26H,4-5,12-13H2,1H3,(H,23,24,25). The molecule has 2 aromatic carbocycles. The Kier molecular flexibility index (Phi) is 5.54. The van der Waals surface area contributed by atoms with Crippen LogP contribution in [0.4, 0.5) is 27.4 Å². The molecule has 4 rings (SSSR count). The number of benzene rings is 2. The minimum Gasteiger partial charge on any atom is -0.356 e. The number of rotatable bonds is 6.